The SMILES string of the molecule is COc1cc(CNC(=O)c2ncccc2C(=O)O)ccn1. The van der Waals surface area contributed by atoms with Crippen LogP contribution in [0.25, 0.3) is 0 Å². The van der Waals surface area contributed by atoms with Gasteiger partial charge >= 0.3 is 5.97 Å². The number of carbonyl (C=O) groups excluding carboxylic acids is 1. The minimum absolute atomic E-state index is 0.119. The molecule has 0 aliphatic heterocycles. The molecule has 0 bridgehead atoms. The molecule has 7 heteroatoms. The van der Waals surface area contributed by atoms with E-state index in [4.69, 9.17) is 9.84 Å². The molecule has 0 saturated heterocycles. The van der Waals surface area contributed by atoms with Gasteiger partial charge < -0.3 is 15.2 Å². The minimum Gasteiger partial charge on any atom is -0.481 e. The van der Waals surface area contributed by atoms with Crippen molar-refractivity contribution in [2.24, 2.45) is 0 Å². The Hall–Kier alpha value is -2.96. The molecule has 2 rings (SSSR count). The summed E-state index contributed by atoms with van der Waals surface area (Å²) in [7, 11) is 1.50. The normalized spacial score (nSPS) is 9.95. The number of pyridine rings is 2. The lowest BCUT2D eigenvalue weighted by molar-refractivity contribution is 0.0690. The molecule has 0 fully saturated rings. The van der Waals surface area contributed by atoms with Crippen LogP contribution in [0.1, 0.15) is 26.4 Å². The van der Waals surface area contributed by atoms with E-state index in [-0.39, 0.29) is 17.8 Å². The zero-order valence-electron chi connectivity index (χ0n) is 11.2. The van der Waals surface area contributed by atoms with Gasteiger partial charge in [-0.25, -0.2) is 9.78 Å². The average Bonchev–Trinajstić information content (AvgIpc) is 2.52. The summed E-state index contributed by atoms with van der Waals surface area (Å²) in [6, 6.07) is 6.20. The summed E-state index contributed by atoms with van der Waals surface area (Å²) in [5.41, 5.74) is 0.524. The number of aromatic carboxylic acids is 1. The number of rotatable bonds is 5. The molecule has 1 amide bonds. The molecule has 0 spiro atoms. The zero-order valence-corrected chi connectivity index (χ0v) is 11.2. The van der Waals surface area contributed by atoms with Gasteiger partial charge in [-0.2, -0.15) is 0 Å². The van der Waals surface area contributed by atoms with Crippen LogP contribution in [0.5, 0.6) is 5.88 Å². The van der Waals surface area contributed by atoms with Gasteiger partial charge in [0.15, 0.2) is 0 Å². The fourth-order valence-corrected chi connectivity index (χ4v) is 1.70. The molecule has 108 valence electrons. The molecular weight excluding hydrogens is 274 g/mol. The summed E-state index contributed by atoms with van der Waals surface area (Å²) >= 11 is 0. The van der Waals surface area contributed by atoms with E-state index in [1.807, 2.05) is 0 Å². The van der Waals surface area contributed by atoms with Crippen molar-refractivity contribution in [3.63, 3.8) is 0 Å². The van der Waals surface area contributed by atoms with Crippen LogP contribution in [-0.4, -0.2) is 34.1 Å². The van der Waals surface area contributed by atoms with Crippen molar-refractivity contribution in [2.75, 3.05) is 7.11 Å². The molecule has 2 aromatic heterocycles. The third-order valence-corrected chi connectivity index (χ3v) is 2.71. The number of hydrogen-bond acceptors (Lipinski definition) is 5. The largest absolute Gasteiger partial charge is 0.481 e. The highest BCUT2D eigenvalue weighted by atomic mass is 16.5. The van der Waals surface area contributed by atoms with E-state index in [1.54, 1.807) is 18.3 Å². The van der Waals surface area contributed by atoms with Gasteiger partial charge in [0.2, 0.25) is 5.88 Å². The third-order valence-electron chi connectivity index (χ3n) is 2.71. The van der Waals surface area contributed by atoms with Gasteiger partial charge in [0.1, 0.15) is 5.69 Å². The van der Waals surface area contributed by atoms with E-state index in [2.05, 4.69) is 15.3 Å². The first-order chi connectivity index (χ1) is 10.1. The molecule has 0 radical (unpaired) electrons. The molecule has 0 aliphatic rings. The van der Waals surface area contributed by atoms with E-state index in [9.17, 15) is 9.59 Å². The summed E-state index contributed by atoms with van der Waals surface area (Å²) in [4.78, 5) is 30.8. The van der Waals surface area contributed by atoms with Crippen molar-refractivity contribution < 1.29 is 19.4 Å². The molecule has 0 aliphatic carbocycles. The van der Waals surface area contributed by atoms with Crippen LogP contribution in [-0.2, 0) is 6.54 Å². The van der Waals surface area contributed by atoms with Crippen molar-refractivity contribution in [3.8, 4) is 5.88 Å². The van der Waals surface area contributed by atoms with Crippen molar-refractivity contribution in [1.82, 2.24) is 15.3 Å². The maximum absolute atomic E-state index is 12.0. The van der Waals surface area contributed by atoms with Crippen LogP contribution in [0.2, 0.25) is 0 Å². The van der Waals surface area contributed by atoms with Gasteiger partial charge in [-0.15, -0.1) is 0 Å². The number of nitrogens with zero attached hydrogens (tertiary/aromatic N) is 2. The number of carbonyl (C=O) groups is 2. The highest BCUT2D eigenvalue weighted by molar-refractivity contribution is 6.03. The Morgan fingerprint density at radius 2 is 2.10 bits per heavy atom. The van der Waals surface area contributed by atoms with Gasteiger partial charge in [-0.05, 0) is 23.8 Å². The highest BCUT2D eigenvalue weighted by Crippen LogP contribution is 2.09. The molecule has 0 aromatic carbocycles. The first-order valence-corrected chi connectivity index (χ1v) is 6.07. The van der Waals surface area contributed by atoms with Crippen LogP contribution >= 0.6 is 0 Å². The predicted octanol–water partition coefficient (Wildman–Crippen LogP) is 1.11. The lowest BCUT2D eigenvalue weighted by atomic mass is 10.2. The van der Waals surface area contributed by atoms with Crippen molar-refractivity contribution in [2.45, 2.75) is 6.54 Å². The van der Waals surface area contributed by atoms with Crippen LogP contribution < -0.4 is 10.1 Å². The van der Waals surface area contributed by atoms with Crippen LogP contribution in [0.4, 0.5) is 0 Å². The van der Waals surface area contributed by atoms with E-state index in [1.165, 1.54) is 25.4 Å². The lowest BCUT2D eigenvalue weighted by Crippen LogP contribution is -2.26. The molecule has 7 nitrogen and oxygen atoms in total. The Balaban J connectivity index is 2.10. The summed E-state index contributed by atoms with van der Waals surface area (Å²) < 4.78 is 4.98. The second-order valence-electron chi connectivity index (χ2n) is 4.09. The Morgan fingerprint density at radius 1 is 1.29 bits per heavy atom. The maximum atomic E-state index is 12.0. The maximum Gasteiger partial charge on any atom is 0.338 e. The van der Waals surface area contributed by atoms with E-state index >= 15 is 0 Å². The standard InChI is InChI=1S/C14H13N3O4/c1-21-11-7-9(4-6-15-11)8-17-13(18)12-10(14(19)20)3-2-5-16-12/h2-7H,8H2,1H3,(H,17,18)(H,19,20). The fraction of sp³-hybridized carbons (Fsp3) is 0.143. The number of amides is 1. The van der Waals surface area contributed by atoms with Crippen molar-refractivity contribution >= 4 is 11.9 Å². The first-order valence-electron chi connectivity index (χ1n) is 6.07. The first kappa shape index (κ1) is 14.4. The van der Waals surface area contributed by atoms with Crippen LogP contribution in [0, 0.1) is 0 Å². The number of methoxy groups -OCH3 is 1. The summed E-state index contributed by atoms with van der Waals surface area (Å²) in [5, 5.41) is 11.6. The quantitative estimate of drug-likeness (QED) is 0.854. The molecular formula is C14H13N3O4. The molecule has 2 heterocycles. The van der Waals surface area contributed by atoms with Crippen LogP contribution in [0.15, 0.2) is 36.7 Å². The number of ether oxygens (including phenoxy) is 1. The van der Waals surface area contributed by atoms with Gasteiger partial charge in [0.25, 0.3) is 5.91 Å². The number of carboxylic acids is 1. The fourth-order valence-electron chi connectivity index (χ4n) is 1.70. The van der Waals surface area contributed by atoms with Crippen LogP contribution in [0.3, 0.4) is 0 Å². The smallest absolute Gasteiger partial charge is 0.338 e. The van der Waals surface area contributed by atoms with Gasteiger partial charge in [0.05, 0.1) is 12.7 Å². The van der Waals surface area contributed by atoms with E-state index < -0.39 is 11.9 Å². The molecule has 0 saturated carbocycles. The minimum atomic E-state index is -1.20. The third kappa shape index (κ3) is 3.53. The van der Waals surface area contributed by atoms with E-state index in [0.717, 1.165) is 5.56 Å². The second kappa shape index (κ2) is 6.47. The number of hydrogen-bond donors (Lipinski definition) is 2. The molecule has 2 aromatic rings. The zero-order chi connectivity index (χ0) is 15.2. The Kier molecular flexibility index (Phi) is 4.45. The Bertz CT molecular complexity index is 673. The number of carboxylic acid groups (broad SMARTS) is 1. The average molecular weight is 287 g/mol. The Morgan fingerprint density at radius 3 is 2.81 bits per heavy atom. The van der Waals surface area contributed by atoms with E-state index in [0.29, 0.717) is 5.88 Å². The van der Waals surface area contributed by atoms with Gasteiger partial charge in [-0.1, -0.05) is 0 Å². The summed E-state index contributed by atoms with van der Waals surface area (Å²) in [6.07, 6.45) is 2.93. The van der Waals surface area contributed by atoms with Gasteiger partial charge in [-0.3, -0.25) is 9.78 Å². The van der Waals surface area contributed by atoms with Crippen molar-refractivity contribution in [1.29, 1.82) is 0 Å². The molecule has 0 unspecified atom stereocenters. The lowest BCUT2D eigenvalue weighted by Gasteiger charge is -2.07. The summed E-state index contributed by atoms with van der Waals surface area (Å²) in [6.45, 7) is 0.216. The predicted molar refractivity (Wildman–Crippen MR) is 73.2 cm³/mol. The highest BCUT2D eigenvalue weighted by Gasteiger charge is 2.17. The molecule has 0 atom stereocenters. The van der Waals surface area contributed by atoms with Crippen molar-refractivity contribution in [3.05, 3.63) is 53.5 Å². The number of nitrogens with one attached hydrogen (secondary N) is 1. The molecule has 21 heavy (non-hydrogen) atoms. The van der Waals surface area contributed by atoms with Gasteiger partial charge in [0, 0.05) is 25.0 Å². The number of aromatic nitrogens is 2. The monoisotopic (exact) mass is 287 g/mol. The second-order valence-corrected chi connectivity index (χ2v) is 4.09. The summed E-state index contributed by atoms with van der Waals surface area (Å²) in [5.74, 6) is -1.31. The topological polar surface area (TPSA) is 101 Å². The Labute approximate surface area is 120 Å². The molecule has 2 N–H and O–H groups in total.